The number of H-pyrrole nitrogens is 1. The zero-order valence-electron chi connectivity index (χ0n) is 19.5. The normalized spacial score (nSPS) is 25.5. The molecule has 2 aromatic rings. The van der Waals surface area contributed by atoms with Crippen LogP contribution in [0.4, 0.5) is 0 Å². The van der Waals surface area contributed by atoms with Crippen molar-refractivity contribution in [2.75, 3.05) is 14.1 Å². The Morgan fingerprint density at radius 3 is 2.37 bits per heavy atom. The number of halogens is 1. The fourth-order valence-electron chi connectivity index (χ4n) is 6.34. The minimum absolute atomic E-state index is 0. The highest BCUT2D eigenvalue weighted by Gasteiger charge is 2.38. The maximum absolute atomic E-state index is 3.91. The molecule has 0 atom stereocenters. The molecule has 30 heavy (non-hydrogen) atoms. The summed E-state index contributed by atoms with van der Waals surface area (Å²) in [6.45, 7) is 2.33. The van der Waals surface area contributed by atoms with Gasteiger partial charge in [0.05, 0.1) is 0 Å². The van der Waals surface area contributed by atoms with E-state index >= 15 is 0 Å². The summed E-state index contributed by atoms with van der Waals surface area (Å²) >= 11 is 0. The number of nitrogens with one attached hydrogen (secondary N) is 1. The maximum atomic E-state index is 3.91. The lowest BCUT2D eigenvalue weighted by atomic mass is 9.71. The molecule has 0 aliphatic heterocycles. The lowest BCUT2D eigenvalue weighted by Crippen LogP contribution is -2.46. The number of benzene rings is 1. The van der Waals surface area contributed by atoms with E-state index in [1.54, 1.807) is 11.3 Å². The van der Waals surface area contributed by atoms with Crippen molar-refractivity contribution in [3.8, 4) is 0 Å². The summed E-state index contributed by atoms with van der Waals surface area (Å²) in [5, 5.41) is 1.50. The molecule has 0 unspecified atom stereocenters. The van der Waals surface area contributed by atoms with Crippen molar-refractivity contribution in [1.82, 2.24) is 9.88 Å². The van der Waals surface area contributed by atoms with Gasteiger partial charge >= 0.3 is 0 Å². The number of unbranched alkanes of at least 4 members (excludes halogenated alkanes) is 1. The van der Waals surface area contributed by atoms with Gasteiger partial charge in [0, 0.05) is 22.1 Å². The molecular weight excluding hydrogens is 388 g/mol. The van der Waals surface area contributed by atoms with E-state index in [0.29, 0.717) is 5.54 Å². The largest absolute Gasteiger partial charge is 0.358 e. The topological polar surface area (TPSA) is 19.0 Å². The Morgan fingerprint density at radius 2 is 1.70 bits per heavy atom. The van der Waals surface area contributed by atoms with Crippen LogP contribution in [-0.2, 0) is 6.42 Å². The second kappa shape index (κ2) is 10.6. The highest BCUT2D eigenvalue weighted by atomic mass is 35.5. The first-order chi connectivity index (χ1) is 14.1. The van der Waals surface area contributed by atoms with E-state index in [9.17, 15) is 0 Å². The average Bonchev–Trinajstić information content (AvgIpc) is 3.11. The van der Waals surface area contributed by atoms with Crippen molar-refractivity contribution in [2.45, 2.75) is 102 Å². The number of aromatic nitrogens is 1. The number of aromatic amines is 1. The van der Waals surface area contributed by atoms with Gasteiger partial charge in [0.25, 0.3) is 0 Å². The highest BCUT2D eigenvalue weighted by molar-refractivity contribution is 5.85. The van der Waals surface area contributed by atoms with Crippen LogP contribution in [0.15, 0.2) is 24.3 Å². The maximum Gasteiger partial charge on any atom is 0.0459 e. The molecule has 1 N–H and O–H groups in total. The van der Waals surface area contributed by atoms with E-state index in [1.807, 2.05) is 0 Å². The van der Waals surface area contributed by atoms with Crippen molar-refractivity contribution in [1.29, 1.82) is 0 Å². The van der Waals surface area contributed by atoms with Crippen LogP contribution in [0.3, 0.4) is 0 Å². The van der Waals surface area contributed by atoms with Gasteiger partial charge in [0.1, 0.15) is 0 Å². The molecular formula is C27H43ClN2. The smallest absolute Gasteiger partial charge is 0.0459 e. The summed E-state index contributed by atoms with van der Waals surface area (Å²) in [6.07, 6.45) is 17.9. The number of para-hydroxylation sites is 1. The number of hydrogen-bond donors (Lipinski definition) is 1. The van der Waals surface area contributed by atoms with Gasteiger partial charge in [0.2, 0.25) is 0 Å². The number of fused-ring (bicyclic) bond motifs is 1. The Labute approximate surface area is 190 Å². The van der Waals surface area contributed by atoms with Gasteiger partial charge in [-0.15, -0.1) is 12.4 Å². The van der Waals surface area contributed by atoms with Crippen molar-refractivity contribution in [3.05, 3.63) is 35.5 Å². The van der Waals surface area contributed by atoms with Gasteiger partial charge in [-0.2, -0.15) is 0 Å². The summed E-state index contributed by atoms with van der Waals surface area (Å²) < 4.78 is 0. The summed E-state index contributed by atoms with van der Waals surface area (Å²) in [6, 6.07) is 9.07. The van der Waals surface area contributed by atoms with Crippen LogP contribution in [0, 0.1) is 5.92 Å². The first kappa shape index (κ1) is 23.7. The van der Waals surface area contributed by atoms with Gasteiger partial charge in [-0.3, -0.25) is 0 Å². The molecule has 2 saturated carbocycles. The molecule has 0 spiro atoms. The number of rotatable bonds is 7. The summed E-state index contributed by atoms with van der Waals surface area (Å²) in [4.78, 5) is 6.46. The van der Waals surface area contributed by atoms with Gasteiger partial charge < -0.3 is 9.88 Å². The summed E-state index contributed by atoms with van der Waals surface area (Å²) in [5.41, 5.74) is 5.06. The average molecular weight is 431 g/mol. The van der Waals surface area contributed by atoms with Crippen LogP contribution in [0.25, 0.3) is 10.9 Å². The monoisotopic (exact) mass is 430 g/mol. The van der Waals surface area contributed by atoms with Crippen molar-refractivity contribution >= 4 is 23.3 Å². The Morgan fingerprint density at radius 1 is 1.00 bits per heavy atom. The van der Waals surface area contributed by atoms with Crippen LogP contribution in [-0.4, -0.2) is 29.5 Å². The second-order valence-corrected chi connectivity index (χ2v) is 10.3. The molecule has 3 heteroatoms. The Kier molecular flexibility index (Phi) is 8.32. The van der Waals surface area contributed by atoms with E-state index < -0.39 is 0 Å². The first-order valence-corrected chi connectivity index (χ1v) is 12.4. The van der Waals surface area contributed by atoms with Crippen LogP contribution in [0.2, 0.25) is 0 Å². The molecule has 2 fully saturated rings. The summed E-state index contributed by atoms with van der Waals surface area (Å²) in [5.74, 6) is 1.62. The molecule has 0 amide bonds. The quantitative estimate of drug-likeness (QED) is 0.473. The van der Waals surface area contributed by atoms with Crippen molar-refractivity contribution in [2.24, 2.45) is 5.92 Å². The molecule has 168 valence electrons. The zero-order valence-corrected chi connectivity index (χ0v) is 20.3. The van der Waals surface area contributed by atoms with Gasteiger partial charge in [-0.25, -0.2) is 0 Å². The van der Waals surface area contributed by atoms with Gasteiger partial charge in [-0.05, 0) is 76.1 Å². The Bertz CT molecular complexity index is 779. The lowest BCUT2D eigenvalue weighted by Gasteiger charge is -2.45. The number of nitrogens with zero attached hydrogens (tertiary/aromatic N) is 1. The molecule has 0 bridgehead atoms. The third-order valence-corrected chi connectivity index (χ3v) is 8.33. The molecule has 0 saturated heterocycles. The Balaban J connectivity index is 0.00000256. The third-order valence-electron chi connectivity index (χ3n) is 8.33. The lowest BCUT2D eigenvalue weighted by molar-refractivity contribution is 0.0802. The molecule has 2 aliphatic carbocycles. The minimum Gasteiger partial charge on any atom is -0.358 e. The molecule has 0 radical (unpaired) electrons. The predicted molar refractivity (Wildman–Crippen MR) is 133 cm³/mol. The number of hydrogen-bond acceptors (Lipinski definition) is 1. The molecule has 1 aromatic carbocycles. The first-order valence-electron chi connectivity index (χ1n) is 12.4. The van der Waals surface area contributed by atoms with Crippen molar-refractivity contribution in [3.63, 3.8) is 0 Å². The molecule has 4 rings (SSSR count). The molecule has 2 nitrogen and oxygen atoms in total. The van der Waals surface area contributed by atoms with Crippen LogP contribution in [0.5, 0.6) is 0 Å². The zero-order chi connectivity index (χ0) is 20.3. The van der Waals surface area contributed by atoms with E-state index in [1.165, 1.54) is 94.4 Å². The summed E-state index contributed by atoms with van der Waals surface area (Å²) in [7, 11) is 4.63. The highest BCUT2D eigenvalue weighted by Crippen LogP contribution is 2.45. The van der Waals surface area contributed by atoms with Crippen LogP contribution < -0.4 is 0 Å². The predicted octanol–water partition coefficient (Wildman–Crippen LogP) is 7.86. The molecule has 1 heterocycles. The minimum atomic E-state index is 0. The third kappa shape index (κ3) is 4.91. The molecule has 1 aromatic heterocycles. The van der Waals surface area contributed by atoms with Gasteiger partial charge in [0.15, 0.2) is 0 Å². The van der Waals surface area contributed by atoms with E-state index in [4.69, 9.17) is 0 Å². The SMILES string of the molecule is CCCCC1(N(C)C)CCC(c2[nH]c3ccccc3c2CC2CCCCC2)CC1.Cl. The standard InChI is InChI=1S/C27H42N2.ClH/c1-4-5-17-27(29(2)3)18-15-22(16-19-27)26-24(20-21-11-7-6-8-12-21)23-13-9-10-14-25(23)28-26;/h9-10,13-14,21-22,28H,4-8,11-12,15-20H2,1-3H3;1H. The molecule has 2 aliphatic rings. The second-order valence-electron chi connectivity index (χ2n) is 10.3. The fourth-order valence-corrected chi connectivity index (χ4v) is 6.34. The Hall–Kier alpha value is -0.990. The van der Waals surface area contributed by atoms with E-state index in [0.717, 1.165) is 11.8 Å². The van der Waals surface area contributed by atoms with Crippen LogP contribution in [0.1, 0.15) is 101 Å². The van der Waals surface area contributed by atoms with Crippen molar-refractivity contribution < 1.29 is 0 Å². The van der Waals surface area contributed by atoms with E-state index in [2.05, 4.69) is 55.2 Å². The van der Waals surface area contributed by atoms with E-state index in [-0.39, 0.29) is 12.4 Å². The van der Waals surface area contributed by atoms with Crippen LogP contribution >= 0.6 is 12.4 Å². The van der Waals surface area contributed by atoms with Gasteiger partial charge in [-0.1, -0.05) is 70.1 Å². The fraction of sp³-hybridized carbons (Fsp3) is 0.704.